The van der Waals surface area contributed by atoms with Crippen LogP contribution in [0.3, 0.4) is 0 Å². The van der Waals surface area contributed by atoms with Crippen LogP contribution in [0.5, 0.6) is 5.75 Å². The first kappa shape index (κ1) is 12.7. The summed E-state index contributed by atoms with van der Waals surface area (Å²) in [6.07, 6.45) is 4.26. The van der Waals surface area contributed by atoms with Gasteiger partial charge in [0.1, 0.15) is 5.75 Å². The molecule has 0 atom stereocenters. The van der Waals surface area contributed by atoms with E-state index in [1.165, 1.54) is 23.1 Å². The molecule has 1 aliphatic carbocycles. The minimum Gasteiger partial charge on any atom is -0.495 e. The topological polar surface area (TPSA) is 45.3 Å². The van der Waals surface area contributed by atoms with Crippen molar-refractivity contribution in [2.75, 3.05) is 13.7 Å². The average molecular weight is 284 g/mol. The summed E-state index contributed by atoms with van der Waals surface area (Å²) in [6.45, 7) is 1.56. The Morgan fingerprint density at radius 3 is 2.95 bits per heavy atom. The highest BCUT2D eigenvalue weighted by Crippen LogP contribution is 2.35. The largest absolute Gasteiger partial charge is 0.495 e. The van der Waals surface area contributed by atoms with Crippen LogP contribution in [0.1, 0.15) is 30.5 Å². The Morgan fingerprint density at radius 1 is 1.38 bits per heavy atom. The van der Waals surface area contributed by atoms with Gasteiger partial charge in [-0.2, -0.15) is 0 Å². The van der Waals surface area contributed by atoms with Gasteiger partial charge in [-0.3, -0.25) is 4.79 Å². The van der Waals surface area contributed by atoms with Crippen molar-refractivity contribution in [1.82, 2.24) is 9.88 Å². The Kier molecular flexibility index (Phi) is 2.91. The van der Waals surface area contributed by atoms with Crippen LogP contribution in [0, 0.1) is 5.92 Å². The van der Waals surface area contributed by atoms with E-state index in [9.17, 15) is 4.79 Å². The third kappa shape index (κ3) is 1.93. The van der Waals surface area contributed by atoms with Crippen LogP contribution in [0.4, 0.5) is 0 Å². The molecule has 1 aliphatic heterocycles. The number of H-pyrrole nitrogens is 1. The molecule has 1 N–H and O–H groups in total. The quantitative estimate of drug-likeness (QED) is 0.921. The van der Waals surface area contributed by atoms with Crippen LogP contribution in [0.2, 0.25) is 0 Å². The maximum atomic E-state index is 12.5. The maximum absolute atomic E-state index is 12.5. The van der Waals surface area contributed by atoms with E-state index in [4.69, 9.17) is 4.74 Å². The number of amides is 1. The molecule has 0 bridgehead atoms. The van der Waals surface area contributed by atoms with E-state index in [2.05, 4.69) is 11.1 Å². The van der Waals surface area contributed by atoms with Crippen molar-refractivity contribution in [1.29, 1.82) is 0 Å². The van der Waals surface area contributed by atoms with Crippen molar-refractivity contribution < 1.29 is 9.53 Å². The van der Waals surface area contributed by atoms with Gasteiger partial charge in [0.05, 0.1) is 12.6 Å². The highest BCUT2D eigenvalue weighted by Gasteiger charge is 2.32. The number of hydrogen-bond donors (Lipinski definition) is 1. The predicted octanol–water partition coefficient (Wildman–Crippen LogP) is 2.86. The molecule has 21 heavy (non-hydrogen) atoms. The minimum absolute atomic E-state index is 0.284. The number of hydrogen-bond acceptors (Lipinski definition) is 2. The van der Waals surface area contributed by atoms with Gasteiger partial charge in [0, 0.05) is 42.1 Å². The fourth-order valence-corrected chi connectivity index (χ4v) is 3.48. The van der Waals surface area contributed by atoms with E-state index in [0.29, 0.717) is 5.91 Å². The minimum atomic E-state index is 0.284. The SMILES string of the molecule is COc1cccc2c3c([nH]c12)CCN(C(=O)C1CCC1)C3. The number of carbonyl (C=O) groups is 1. The Bertz CT molecular complexity index is 700. The van der Waals surface area contributed by atoms with E-state index in [1.807, 2.05) is 17.0 Å². The molecular formula is C17H20N2O2. The molecule has 1 saturated carbocycles. The van der Waals surface area contributed by atoms with Crippen molar-refractivity contribution in [3.63, 3.8) is 0 Å². The summed E-state index contributed by atoms with van der Waals surface area (Å²) >= 11 is 0. The van der Waals surface area contributed by atoms with Gasteiger partial charge in [-0.25, -0.2) is 0 Å². The van der Waals surface area contributed by atoms with Gasteiger partial charge in [-0.05, 0) is 18.9 Å². The number of nitrogens with one attached hydrogen (secondary N) is 1. The lowest BCUT2D eigenvalue weighted by Crippen LogP contribution is -2.41. The van der Waals surface area contributed by atoms with Gasteiger partial charge in [0.25, 0.3) is 0 Å². The lowest BCUT2D eigenvalue weighted by Gasteiger charge is -2.34. The zero-order valence-corrected chi connectivity index (χ0v) is 12.3. The van der Waals surface area contributed by atoms with Crippen molar-refractivity contribution in [2.45, 2.75) is 32.2 Å². The molecule has 1 amide bonds. The van der Waals surface area contributed by atoms with Gasteiger partial charge in [-0.15, -0.1) is 0 Å². The van der Waals surface area contributed by atoms with Crippen LogP contribution in [0.25, 0.3) is 10.9 Å². The number of aromatic amines is 1. The molecule has 0 radical (unpaired) electrons. The highest BCUT2D eigenvalue weighted by molar-refractivity contribution is 5.90. The van der Waals surface area contributed by atoms with Crippen LogP contribution in [-0.4, -0.2) is 29.4 Å². The molecule has 4 heteroatoms. The van der Waals surface area contributed by atoms with Crippen molar-refractivity contribution in [3.8, 4) is 5.75 Å². The first-order valence-corrected chi connectivity index (χ1v) is 7.73. The second-order valence-electron chi connectivity index (χ2n) is 6.10. The van der Waals surface area contributed by atoms with Crippen LogP contribution >= 0.6 is 0 Å². The van der Waals surface area contributed by atoms with E-state index in [1.54, 1.807) is 7.11 Å². The number of aromatic nitrogens is 1. The molecule has 2 aromatic rings. The van der Waals surface area contributed by atoms with Crippen molar-refractivity contribution in [3.05, 3.63) is 29.5 Å². The van der Waals surface area contributed by atoms with Crippen molar-refractivity contribution >= 4 is 16.8 Å². The molecule has 1 aromatic carbocycles. The Morgan fingerprint density at radius 2 is 2.24 bits per heavy atom. The van der Waals surface area contributed by atoms with Gasteiger partial charge >= 0.3 is 0 Å². The molecule has 1 aromatic heterocycles. The lowest BCUT2D eigenvalue weighted by atomic mass is 9.84. The number of para-hydroxylation sites is 1. The number of benzene rings is 1. The summed E-state index contributed by atoms with van der Waals surface area (Å²) in [5.74, 6) is 1.51. The van der Waals surface area contributed by atoms with Gasteiger partial charge in [0.15, 0.2) is 0 Å². The van der Waals surface area contributed by atoms with Crippen LogP contribution in [0.15, 0.2) is 18.2 Å². The highest BCUT2D eigenvalue weighted by atomic mass is 16.5. The summed E-state index contributed by atoms with van der Waals surface area (Å²) in [5, 5.41) is 1.19. The Labute approximate surface area is 124 Å². The maximum Gasteiger partial charge on any atom is 0.225 e. The fraction of sp³-hybridized carbons (Fsp3) is 0.471. The number of carbonyl (C=O) groups excluding carboxylic acids is 1. The average Bonchev–Trinajstić information content (AvgIpc) is 2.83. The molecule has 4 nitrogen and oxygen atoms in total. The standard InChI is InChI=1S/C17H20N2O2/c1-21-15-7-3-6-12-13-10-19(17(20)11-4-2-5-11)9-8-14(13)18-16(12)15/h3,6-7,11,18H,2,4-5,8-10H2,1H3. The third-order valence-electron chi connectivity index (χ3n) is 4.96. The molecule has 0 unspecified atom stereocenters. The molecule has 110 valence electrons. The second-order valence-corrected chi connectivity index (χ2v) is 6.10. The van der Waals surface area contributed by atoms with Crippen molar-refractivity contribution in [2.24, 2.45) is 5.92 Å². The Balaban J connectivity index is 1.69. The molecule has 0 saturated heterocycles. The summed E-state index contributed by atoms with van der Waals surface area (Å²) in [5.41, 5.74) is 3.58. The van der Waals surface area contributed by atoms with Gasteiger partial charge in [-0.1, -0.05) is 18.6 Å². The zero-order valence-electron chi connectivity index (χ0n) is 12.3. The molecule has 1 fully saturated rings. The second kappa shape index (κ2) is 4.79. The first-order valence-electron chi connectivity index (χ1n) is 7.73. The van der Waals surface area contributed by atoms with Crippen LogP contribution < -0.4 is 4.74 Å². The first-order chi connectivity index (χ1) is 10.3. The lowest BCUT2D eigenvalue weighted by molar-refractivity contribution is -0.139. The number of ether oxygens (including phenoxy) is 1. The van der Waals surface area contributed by atoms with Gasteiger partial charge in [0.2, 0.25) is 5.91 Å². The van der Waals surface area contributed by atoms with E-state index < -0.39 is 0 Å². The summed E-state index contributed by atoms with van der Waals surface area (Å²) in [4.78, 5) is 18.0. The monoisotopic (exact) mass is 284 g/mol. The summed E-state index contributed by atoms with van der Waals surface area (Å²) in [7, 11) is 1.70. The van der Waals surface area contributed by atoms with E-state index in [0.717, 1.165) is 43.6 Å². The smallest absolute Gasteiger partial charge is 0.225 e. The molecular weight excluding hydrogens is 264 g/mol. The van der Waals surface area contributed by atoms with Gasteiger partial charge < -0.3 is 14.6 Å². The summed E-state index contributed by atoms with van der Waals surface area (Å²) in [6, 6.07) is 6.11. The fourth-order valence-electron chi connectivity index (χ4n) is 3.48. The number of nitrogens with zero attached hydrogens (tertiary/aromatic N) is 1. The summed E-state index contributed by atoms with van der Waals surface area (Å²) < 4.78 is 5.43. The number of fused-ring (bicyclic) bond motifs is 3. The molecule has 2 heterocycles. The Hall–Kier alpha value is -1.97. The van der Waals surface area contributed by atoms with Crippen LogP contribution in [-0.2, 0) is 17.8 Å². The van der Waals surface area contributed by atoms with E-state index in [-0.39, 0.29) is 5.92 Å². The van der Waals surface area contributed by atoms with E-state index >= 15 is 0 Å². The number of methoxy groups -OCH3 is 1. The molecule has 2 aliphatic rings. The number of rotatable bonds is 2. The zero-order chi connectivity index (χ0) is 14.4. The molecule has 0 spiro atoms. The predicted molar refractivity (Wildman–Crippen MR) is 81.3 cm³/mol. The molecule has 4 rings (SSSR count). The third-order valence-corrected chi connectivity index (χ3v) is 4.96. The normalized spacial score (nSPS) is 18.4.